The Morgan fingerprint density at radius 1 is 0.676 bits per heavy atom. The first kappa shape index (κ1) is 32.6. The average Bonchev–Trinajstić information content (AvgIpc) is 2.82. The summed E-state index contributed by atoms with van der Waals surface area (Å²) in [6.07, 6.45) is 28.0. The van der Waals surface area contributed by atoms with Gasteiger partial charge >= 0.3 is 5.97 Å². The lowest BCUT2D eigenvalue weighted by molar-refractivity contribution is -0.182. The molecule has 0 fully saturated rings. The van der Waals surface area contributed by atoms with Crippen molar-refractivity contribution >= 4 is 11.9 Å². The monoisotopic (exact) mass is 481 g/mol. The number of allylic oxidation sites excluding steroid dienone is 1. The van der Waals surface area contributed by atoms with E-state index in [4.69, 9.17) is 9.94 Å². The minimum atomic E-state index is -0.844. The van der Waals surface area contributed by atoms with Crippen molar-refractivity contribution in [3.05, 3.63) is 12.2 Å². The number of nitrogens with zero attached hydrogens (tertiary/aromatic N) is 1. The molecule has 0 aliphatic heterocycles. The Morgan fingerprint density at radius 2 is 1.15 bits per heavy atom. The maximum absolute atomic E-state index is 12.5. The first-order valence-corrected chi connectivity index (χ1v) is 14.4. The molecule has 0 aliphatic rings. The fourth-order valence-electron chi connectivity index (χ4n) is 4.04. The van der Waals surface area contributed by atoms with Crippen LogP contribution in [0.5, 0.6) is 0 Å². The van der Waals surface area contributed by atoms with E-state index in [-0.39, 0.29) is 12.3 Å². The van der Waals surface area contributed by atoms with Gasteiger partial charge in [0.15, 0.2) is 0 Å². The predicted molar refractivity (Wildman–Crippen MR) is 143 cm³/mol. The molecule has 0 heterocycles. The van der Waals surface area contributed by atoms with E-state index in [1.54, 1.807) is 6.08 Å². The van der Waals surface area contributed by atoms with Gasteiger partial charge in [-0.05, 0) is 25.7 Å². The van der Waals surface area contributed by atoms with Gasteiger partial charge in [0.05, 0.1) is 6.61 Å². The number of carbonyl (C=O) groups excluding carboxylic acids is 1. The molecule has 0 aromatic rings. The highest BCUT2D eigenvalue weighted by molar-refractivity contribution is 5.86. The van der Waals surface area contributed by atoms with Gasteiger partial charge < -0.3 is 5.11 Å². The Labute approximate surface area is 210 Å². The van der Waals surface area contributed by atoms with Gasteiger partial charge in [-0.2, -0.15) is 0 Å². The summed E-state index contributed by atoms with van der Waals surface area (Å²) in [4.78, 5) is 28.9. The van der Waals surface area contributed by atoms with Crippen LogP contribution in [-0.4, -0.2) is 35.2 Å². The Morgan fingerprint density at radius 3 is 1.65 bits per heavy atom. The van der Waals surface area contributed by atoms with E-state index >= 15 is 0 Å². The van der Waals surface area contributed by atoms with Gasteiger partial charge in [0.25, 0.3) is 5.91 Å². The Balaban J connectivity index is 3.79. The number of amides is 1. The normalized spacial score (nSPS) is 11.4. The molecular formula is C29H55NO4. The highest BCUT2D eigenvalue weighted by Gasteiger charge is 2.12. The van der Waals surface area contributed by atoms with Gasteiger partial charge in [-0.25, -0.2) is 5.06 Å². The standard InChI is InChI=1S/C29H55NO4/c1-3-5-7-9-10-11-12-13-14-15-16-17-18-19-20-21-24-28(31)30(26-23-25-29(32)33)34-27-22-8-6-4-2/h21,24H,3-20,22-23,25-27H2,1-2H3,(H,32,33)/b24-21+. The van der Waals surface area contributed by atoms with Crippen LogP contribution in [-0.2, 0) is 14.4 Å². The first-order chi connectivity index (χ1) is 16.6. The van der Waals surface area contributed by atoms with E-state index in [9.17, 15) is 9.59 Å². The van der Waals surface area contributed by atoms with Gasteiger partial charge in [-0.15, -0.1) is 0 Å². The molecule has 34 heavy (non-hydrogen) atoms. The number of carbonyl (C=O) groups is 2. The summed E-state index contributed by atoms with van der Waals surface area (Å²) in [6.45, 7) is 5.26. The molecule has 1 amide bonds. The Kier molecular flexibility index (Phi) is 25.2. The van der Waals surface area contributed by atoms with Crippen molar-refractivity contribution in [2.45, 2.75) is 149 Å². The molecule has 0 saturated carbocycles. The maximum Gasteiger partial charge on any atom is 0.303 e. The molecule has 0 unspecified atom stereocenters. The third-order valence-electron chi connectivity index (χ3n) is 6.23. The highest BCUT2D eigenvalue weighted by Crippen LogP contribution is 2.13. The zero-order valence-corrected chi connectivity index (χ0v) is 22.5. The van der Waals surface area contributed by atoms with Crippen LogP contribution in [0.15, 0.2) is 12.2 Å². The molecule has 5 heteroatoms. The predicted octanol–water partition coefficient (Wildman–Crippen LogP) is 8.62. The van der Waals surface area contributed by atoms with Crippen LogP contribution in [0.3, 0.4) is 0 Å². The third kappa shape index (κ3) is 23.8. The highest BCUT2D eigenvalue weighted by atomic mass is 16.7. The number of hydrogen-bond acceptors (Lipinski definition) is 3. The van der Waals surface area contributed by atoms with Crippen molar-refractivity contribution in [3.8, 4) is 0 Å². The van der Waals surface area contributed by atoms with Crippen LogP contribution in [0.2, 0.25) is 0 Å². The number of carboxylic acid groups (broad SMARTS) is 1. The number of hydroxylamine groups is 2. The molecule has 1 N–H and O–H groups in total. The minimum Gasteiger partial charge on any atom is -0.481 e. The van der Waals surface area contributed by atoms with E-state index in [0.29, 0.717) is 19.6 Å². The Bertz CT molecular complexity index is 493. The van der Waals surface area contributed by atoms with Crippen LogP contribution in [0.1, 0.15) is 149 Å². The zero-order chi connectivity index (χ0) is 25.1. The van der Waals surface area contributed by atoms with Gasteiger partial charge in [0, 0.05) is 19.0 Å². The topological polar surface area (TPSA) is 66.8 Å². The number of aliphatic carboxylic acids is 1. The van der Waals surface area contributed by atoms with Gasteiger partial charge in [-0.3, -0.25) is 14.4 Å². The van der Waals surface area contributed by atoms with E-state index in [0.717, 1.165) is 38.5 Å². The van der Waals surface area contributed by atoms with E-state index in [1.807, 2.05) is 6.08 Å². The summed E-state index contributed by atoms with van der Waals surface area (Å²) in [7, 11) is 0. The first-order valence-electron chi connectivity index (χ1n) is 14.4. The molecule has 5 nitrogen and oxygen atoms in total. The lowest BCUT2D eigenvalue weighted by Crippen LogP contribution is -2.31. The minimum absolute atomic E-state index is 0.0474. The summed E-state index contributed by atoms with van der Waals surface area (Å²) in [6, 6.07) is 0. The lowest BCUT2D eigenvalue weighted by Gasteiger charge is -2.20. The van der Waals surface area contributed by atoms with Crippen molar-refractivity contribution in [2.75, 3.05) is 13.2 Å². The van der Waals surface area contributed by atoms with Crippen LogP contribution in [0.4, 0.5) is 0 Å². The van der Waals surface area contributed by atoms with Crippen molar-refractivity contribution < 1.29 is 19.5 Å². The molecule has 200 valence electrons. The van der Waals surface area contributed by atoms with Crippen molar-refractivity contribution in [1.82, 2.24) is 5.06 Å². The summed E-state index contributed by atoms with van der Waals surface area (Å²) in [5, 5.41) is 10.2. The largest absolute Gasteiger partial charge is 0.481 e. The van der Waals surface area contributed by atoms with E-state index < -0.39 is 5.97 Å². The molecule has 0 aliphatic carbocycles. The third-order valence-corrected chi connectivity index (χ3v) is 6.23. The van der Waals surface area contributed by atoms with Crippen LogP contribution >= 0.6 is 0 Å². The summed E-state index contributed by atoms with van der Waals surface area (Å²) in [5.41, 5.74) is 0. The van der Waals surface area contributed by atoms with Gasteiger partial charge in [0.2, 0.25) is 0 Å². The second-order valence-corrected chi connectivity index (χ2v) is 9.62. The van der Waals surface area contributed by atoms with Crippen molar-refractivity contribution in [1.29, 1.82) is 0 Å². The zero-order valence-electron chi connectivity index (χ0n) is 22.5. The summed E-state index contributed by atoms with van der Waals surface area (Å²) < 4.78 is 0. The van der Waals surface area contributed by atoms with Crippen LogP contribution in [0, 0.1) is 0 Å². The van der Waals surface area contributed by atoms with Gasteiger partial charge in [-0.1, -0.05) is 123 Å². The quantitative estimate of drug-likeness (QED) is 0.0762. The summed E-state index contributed by atoms with van der Waals surface area (Å²) in [5.74, 6) is -1.02. The molecule has 0 aromatic heterocycles. The summed E-state index contributed by atoms with van der Waals surface area (Å²) >= 11 is 0. The average molecular weight is 482 g/mol. The Hall–Kier alpha value is -1.36. The van der Waals surface area contributed by atoms with E-state index in [2.05, 4.69) is 13.8 Å². The molecule has 0 atom stereocenters. The number of carboxylic acids is 1. The van der Waals surface area contributed by atoms with E-state index in [1.165, 1.54) is 88.5 Å². The molecular weight excluding hydrogens is 426 g/mol. The SMILES string of the molecule is CCCCCCCCCCCCCCCC/C=C/C(=O)N(CCCC(=O)O)OCCCCCC. The number of unbranched alkanes of at least 4 members (excludes halogenated alkanes) is 17. The molecule has 0 saturated heterocycles. The second-order valence-electron chi connectivity index (χ2n) is 9.62. The molecule has 0 radical (unpaired) electrons. The molecule has 0 aromatic carbocycles. The number of rotatable bonds is 26. The smallest absolute Gasteiger partial charge is 0.303 e. The van der Waals surface area contributed by atoms with Crippen LogP contribution in [0.25, 0.3) is 0 Å². The molecule has 0 rings (SSSR count). The fourth-order valence-corrected chi connectivity index (χ4v) is 4.04. The second kappa shape index (κ2) is 26.2. The van der Waals surface area contributed by atoms with Crippen LogP contribution < -0.4 is 0 Å². The van der Waals surface area contributed by atoms with Crippen molar-refractivity contribution in [3.63, 3.8) is 0 Å². The fraction of sp³-hybridized carbons (Fsp3) is 0.862. The number of hydrogen-bond donors (Lipinski definition) is 1. The maximum atomic E-state index is 12.5. The van der Waals surface area contributed by atoms with Gasteiger partial charge in [0.1, 0.15) is 0 Å². The molecule has 0 bridgehead atoms. The molecule has 0 spiro atoms. The van der Waals surface area contributed by atoms with Crippen molar-refractivity contribution in [2.24, 2.45) is 0 Å². The lowest BCUT2D eigenvalue weighted by atomic mass is 10.0.